The van der Waals surface area contributed by atoms with E-state index in [1.807, 2.05) is 5.38 Å². The average molecular weight is 452 g/mol. The molecule has 0 spiro atoms. The number of morpholine rings is 1. The average Bonchev–Trinajstić information content (AvgIpc) is 3.28. The lowest BCUT2D eigenvalue weighted by Crippen LogP contribution is -2.35. The number of para-hydroxylation sites is 1. The smallest absolute Gasteiger partial charge is 0.339 e. The van der Waals surface area contributed by atoms with E-state index >= 15 is 0 Å². The van der Waals surface area contributed by atoms with Crippen LogP contribution in [0.25, 0.3) is 10.6 Å². The topological polar surface area (TPSA) is 80.8 Å². The van der Waals surface area contributed by atoms with Gasteiger partial charge in [0.2, 0.25) is 5.91 Å². The molecule has 1 amide bonds. The van der Waals surface area contributed by atoms with Crippen LogP contribution >= 0.6 is 11.3 Å². The molecule has 1 N–H and O–H groups in total. The van der Waals surface area contributed by atoms with E-state index in [9.17, 15) is 9.59 Å². The minimum atomic E-state index is -0.492. The molecule has 0 unspecified atom stereocenters. The minimum Gasteiger partial charge on any atom is -0.465 e. The molecule has 166 valence electrons. The van der Waals surface area contributed by atoms with Crippen molar-refractivity contribution in [3.63, 3.8) is 0 Å². The van der Waals surface area contributed by atoms with E-state index in [0.29, 0.717) is 16.9 Å². The van der Waals surface area contributed by atoms with Gasteiger partial charge in [-0.2, -0.15) is 0 Å². The predicted octanol–water partition coefficient (Wildman–Crippen LogP) is 3.61. The summed E-state index contributed by atoms with van der Waals surface area (Å²) in [5.41, 5.74) is 3.73. The van der Waals surface area contributed by atoms with Crippen molar-refractivity contribution in [3.8, 4) is 10.6 Å². The number of carbonyl (C=O) groups is 2. The van der Waals surface area contributed by atoms with Crippen LogP contribution in [0.3, 0.4) is 0 Å². The first-order valence-electron chi connectivity index (χ1n) is 10.4. The molecule has 0 radical (unpaired) electrons. The third kappa shape index (κ3) is 5.59. The Morgan fingerprint density at radius 1 is 1.12 bits per heavy atom. The Labute approximate surface area is 191 Å². The van der Waals surface area contributed by atoms with Gasteiger partial charge < -0.3 is 14.8 Å². The van der Waals surface area contributed by atoms with Gasteiger partial charge in [0.25, 0.3) is 0 Å². The number of thiazole rings is 1. The van der Waals surface area contributed by atoms with Gasteiger partial charge in [-0.3, -0.25) is 9.69 Å². The van der Waals surface area contributed by atoms with Crippen LogP contribution in [0, 0.1) is 0 Å². The Hall–Kier alpha value is -3.07. The Kier molecular flexibility index (Phi) is 7.26. The summed E-state index contributed by atoms with van der Waals surface area (Å²) in [7, 11) is 1.31. The molecule has 1 saturated heterocycles. The minimum absolute atomic E-state index is 0.126. The number of nitrogens with one attached hydrogen (secondary N) is 1. The van der Waals surface area contributed by atoms with Gasteiger partial charge >= 0.3 is 5.97 Å². The molecule has 1 aromatic heterocycles. The second-order valence-electron chi connectivity index (χ2n) is 7.49. The number of ether oxygens (including phenoxy) is 2. The summed E-state index contributed by atoms with van der Waals surface area (Å²) in [5, 5.41) is 5.55. The number of anilines is 1. The van der Waals surface area contributed by atoms with Crippen molar-refractivity contribution in [1.82, 2.24) is 9.88 Å². The van der Waals surface area contributed by atoms with Gasteiger partial charge in [0, 0.05) is 30.6 Å². The monoisotopic (exact) mass is 451 g/mol. The fraction of sp³-hybridized carbons (Fsp3) is 0.292. The molecule has 2 heterocycles. The summed E-state index contributed by atoms with van der Waals surface area (Å²) in [6, 6.07) is 15.2. The van der Waals surface area contributed by atoms with Gasteiger partial charge in [-0.15, -0.1) is 11.3 Å². The first-order chi connectivity index (χ1) is 15.6. The zero-order valence-electron chi connectivity index (χ0n) is 17.9. The fourth-order valence-corrected chi connectivity index (χ4v) is 4.36. The zero-order valence-corrected chi connectivity index (χ0v) is 18.7. The van der Waals surface area contributed by atoms with Crippen LogP contribution in [0.5, 0.6) is 0 Å². The van der Waals surface area contributed by atoms with Gasteiger partial charge in [-0.05, 0) is 17.7 Å². The van der Waals surface area contributed by atoms with E-state index in [0.717, 1.165) is 43.4 Å². The van der Waals surface area contributed by atoms with Crippen LogP contribution in [0.4, 0.5) is 5.69 Å². The molecule has 1 aliphatic rings. The molecular formula is C24H25N3O4S. The number of rotatable bonds is 7. The quantitative estimate of drug-likeness (QED) is 0.553. The summed E-state index contributed by atoms with van der Waals surface area (Å²) in [6.07, 6.45) is 0.126. The molecular weight excluding hydrogens is 426 g/mol. The standard InChI is InChI=1S/C24H25N3O4S/c1-30-24(29)20-4-2-3-5-21(20)26-22(28)14-19-16-32-23(25-19)18-8-6-17(7-9-18)15-27-10-12-31-13-11-27/h2-9,16H,10-15H2,1H3,(H,26,28). The zero-order chi connectivity index (χ0) is 22.3. The van der Waals surface area contributed by atoms with E-state index in [1.165, 1.54) is 24.0 Å². The van der Waals surface area contributed by atoms with Gasteiger partial charge in [-0.1, -0.05) is 36.4 Å². The van der Waals surface area contributed by atoms with Crippen molar-refractivity contribution in [2.75, 3.05) is 38.7 Å². The summed E-state index contributed by atoms with van der Waals surface area (Å²) in [6.45, 7) is 4.43. The number of aromatic nitrogens is 1. The molecule has 2 aromatic carbocycles. The number of esters is 1. The summed E-state index contributed by atoms with van der Waals surface area (Å²) in [5.74, 6) is -0.729. The highest BCUT2D eigenvalue weighted by Crippen LogP contribution is 2.25. The SMILES string of the molecule is COC(=O)c1ccccc1NC(=O)Cc1csc(-c2ccc(CN3CCOCC3)cc2)n1. The van der Waals surface area contributed by atoms with Crippen molar-refractivity contribution < 1.29 is 19.1 Å². The van der Waals surface area contributed by atoms with E-state index in [4.69, 9.17) is 9.47 Å². The molecule has 32 heavy (non-hydrogen) atoms. The Morgan fingerprint density at radius 2 is 1.88 bits per heavy atom. The normalized spacial score (nSPS) is 14.2. The molecule has 0 atom stereocenters. The first kappa shape index (κ1) is 22.1. The van der Waals surface area contributed by atoms with Crippen molar-refractivity contribution in [1.29, 1.82) is 0 Å². The molecule has 1 aliphatic heterocycles. The van der Waals surface area contributed by atoms with E-state index < -0.39 is 5.97 Å². The second-order valence-corrected chi connectivity index (χ2v) is 8.35. The third-order valence-corrected chi connectivity index (χ3v) is 6.15. The summed E-state index contributed by atoms with van der Waals surface area (Å²) in [4.78, 5) is 31.4. The Morgan fingerprint density at radius 3 is 2.62 bits per heavy atom. The molecule has 0 saturated carbocycles. The molecule has 1 fully saturated rings. The molecule has 4 rings (SSSR count). The number of methoxy groups -OCH3 is 1. The fourth-order valence-electron chi connectivity index (χ4n) is 3.53. The number of hydrogen-bond donors (Lipinski definition) is 1. The van der Waals surface area contributed by atoms with Crippen LogP contribution in [0.1, 0.15) is 21.6 Å². The Balaban J connectivity index is 1.36. The van der Waals surface area contributed by atoms with Gasteiger partial charge in [0.05, 0.1) is 43.7 Å². The van der Waals surface area contributed by atoms with Crippen molar-refractivity contribution in [2.24, 2.45) is 0 Å². The highest BCUT2D eigenvalue weighted by Gasteiger charge is 2.15. The van der Waals surface area contributed by atoms with Gasteiger partial charge in [0.1, 0.15) is 5.01 Å². The van der Waals surface area contributed by atoms with Crippen molar-refractivity contribution in [3.05, 3.63) is 70.7 Å². The molecule has 8 heteroatoms. The summed E-state index contributed by atoms with van der Waals surface area (Å²) < 4.78 is 10.2. The van der Waals surface area contributed by atoms with Crippen LogP contribution in [-0.2, 0) is 27.2 Å². The Bertz CT molecular complexity index is 1070. The maximum atomic E-state index is 12.5. The lowest BCUT2D eigenvalue weighted by atomic mass is 10.1. The maximum absolute atomic E-state index is 12.5. The molecule has 0 aliphatic carbocycles. The second kappa shape index (κ2) is 10.5. The van der Waals surface area contributed by atoms with Crippen LogP contribution in [0.15, 0.2) is 53.9 Å². The molecule has 0 bridgehead atoms. The number of carbonyl (C=O) groups excluding carboxylic acids is 2. The lowest BCUT2D eigenvalue weighted by Gasteiger charge is -2.26. The molecule has 3 aromatic rings. The van der Waals surface area contributed by atoms with E-state index in [-0.39, 0.29) is 12.3 Å². The molecule has 7 nitrogen and oxygen atoms in total. The number of benzene rings is 2. The highest BCUT2D eigenvalue weighted by molar-refractivity contribution is 7.13. The first-order valence-corrected chi connectivity index (χ1v) is 11.3. The number of amides is 1. The van der Waals surface area contributed by atoms with Crippen LogP contribution < -0.4 is 5.32 Å². The van der Waals surface area contributed by atoms with Crippen molar-refractivity contribution in [2.45, 2.75) is 13.0 Å². The lowest BCUT2D eigenvalue weighted by molar-refractivity contribution is -0.115. The summed E-state index contributed by atoms with van der Waals surface area (Å²) >= 11 is 1.51. The largest absolute Gasteiger partial charge is 0.465 e. The number of nitrogens with zero attached hydrogens (tertiary/aromatic N) is 2. The van der Waals surface area contributed by atoms with E-state index in [1.54, 1.807) is 24.3 Å². The van der Waals surface area contributed by atoms with E-state index in [2.05, 4.69) is 39.5 Å². The highest BCUT2D eigenvalue weighted by atomic mass is 32.1. The van der Waals surface area contributed by atoms with Gasteiger partial charge in [-0.25, -0.2) is 9.78 Å². The van der Waals surface area contributed by atoms with Crippen molar-refractivity contribution >= 4 is 28.9 Å². The maximum Gasteiger partial charge on any atom is 0.339 e. The number of hydrogen-bond acceptors (Lipinski definition) is 7. The van der Waals surface area contributed by atoms with Crippen LogP contribution in [0.2, 0.25) is 0 Å². The predicted molar refractivity (Wildman–Crippen MR) is 124 cm³/mol. The third-order valence-electron chi connectivity index (χ3n) is 5.21. The van der Waals surface area contributed by atoms with Gasteiger partial charge in [0.15, 0.2) is 0 Å². The van der Waals surface area contributed by atoms with Crippen LogP contribution in [-0.4, -0.2) is 55.2 Å².